The van der Waals surface area contributed by atoms with Crippen molar-refractivity contribution in [2.45, 2.75) is 62.9 Å². The number of alkyl halides is 2. The average Bonchev–Trinajstić information content (AvgIpc) is 3.55. The van der Waals surface area contributed by atoms with Crippen molar-refractivity contribution in [3.8, 4) is 17.2 Å². The molecule has 2 aliphatic carbocycles. The highest BCUT2D eigenvalue weighted by Gasteiger charge is 2.54. The molecule has 7 nitrogen and oxygen atoms in total. The number of para-hydroxylation sites is 1. The number of hydrogen-bond acceptors (Lipinski definition) is 6. The molecule has 2 atom stereocenters. The quantitative estimate of drug-likeness (QED) is 0.584. The van der Waals surface area contributed by atoms with Gasteiger partial charge in [-0.25, -0.2) is 0 Å². The second kappa shape index (κ2) is 8.35. The number of carbonyl (C=O) groups excluding carboxylic acids is 2. The molecule has 0 spiro atoms. The third-order valence-corrected chi connectivity index (χ3v) is 7.80. The number of carbonyl (C=O) groups is 2. The van der Waals surface area contributed by atoms with Crippen LogP contribution in [0.2, 0.25) is 0 Å². The number of hydrogen-bond donors (Lipinski definition) is 1. The van der Waals surface area contributed by atoms with Crippen molar-refractivity contribution >= 4 is 11.9 Å². The fourth-order valence-corrected chi connectivity index (χ4v) is 5.60. The Morgan fingerprint density at radius 2 is 1.78 bits per heavy atom. The number of ether oxygens (including phenoxy) is 4. The van der Waals surface area contributed by atoms with E-state index in [4.69, 9.17) is 9.47 Å². The van der Waals surface area contributed by atoms with Crippen LogP contribution in [-0.4, -0.2) is 30.9 Å². The minimum atomic E-state index is -3.70. The molecule has 2 aliphatic heterocycles. The van der Waals surface area contributed by atoms with Gasteiger partial charge < -0.3 is 24.3 Å². The van der Waals surface area contributed by atoms with Crippen LogP contribution < -0.4 is 19.5 Å². The Kier molecular flexibility index (Phi) is 5.35. The van der Waals surface area contributed by atoms with E-state index in [-0.39, 0.29) is 47.4 Å². The number of halogens is 2. The van der Waals surface area contributed by atoms with E-state index in [1.807, 2.05) is 24.3 Å². The lowest BCUT2D eigenvalue weighted by Crippen LogP contribution is -2.46. The highest BCUT2D eigenvalue weighted by molar-refractivity contribution is 5.92. The summed E-state index contributed by atoms with van der Waals surface area (Å²) in [6.07, 6.45) is -0.587. The average molecular weight is 500 g/mol. The number of amides is 1. The van der Waals surface area contributed by atoms with Gasteiger partial charge in [0.25, 0.3) is 0 Å². The van der Waals surface area contributed by atoms with Gasteiger partial charge in [-0.2, -0.15) is 0 Å². The van der Waals surface area contributed by atoms with Gasteiger partial charge in [-0.1, -0.05) is 24.3 Å². The zero-order valence-corrected chi connectivity index (χ0v) is 19.8. The van der Waals surface area contributed by atoms with E-state index >= 15 is 0 Å². The van der Waals surface area contributed by atoms with E-state index < -0.39 is 11.7 Å². The largest absolute Gasteiger partial charge is 0.586 e. The van der Waals surface area contributed by atoms with Crippen LogP contribution in [0.5, 0.6) is 17.2 Å². The maximum absolute atomic E-state index is 13.6. The molecule has 0 saturated heterocycles. The fraction of sp³-hybridized carbons (Fsp3) is 0.481. The maximum Gasteiger partial charge on any atom is 0.586 e. The van der Waals surface area contributed by atoms with Crippen molar-refractivity contribution in [2.24, 2.45) is 11.8 Å². The zero-order valence-electron chi connectivity index (χ0n) is 19.8. The summed E-state index contributed by atoms with van der Waals surface area (Å²) in [4.78, 5) is 25.6. The lowest BCUT2D eigenvalue weighted by atomic mass is 9.70. The minimum Gasteiger partial charge on any atom is -0.490 e. The van der Waals surface area contributed by atoms with Gasteiger partial charge in [0.15, 0.2) is 11.5 Å². The second-order valence-corrected chi connectivity index (χ2v) is 10.0. The lowest BCUT2D eigenvalue weighted by Gasteiger charge is -2.43. The van der Waals surface area contributed by atoms with Crippen LogP contribution in [-0.2, 0) is 19.7 Å². The van der Waals surface area contributed by atoms with Gasteiger partial charge in [0, 0.05) is 12.0 Å². The Morgan fingerprint density at radius 3 is 2.53 bits per heavy atom. The first-order valence-corrected chi connectivity index (χ1v) is 12.4. The summed E-state index contributed by atoms with van der Waals surface area (Å²) in [7, 11) is 0. The first kappa shape index (κ1) is 23.1. The Hall–Kier alpha value is -3.36. The summed E-state index contributed by atoms with van der Waals surface area (Å²) in [6, 6.07) is 11.9. The molecular formula is C27H27F2NO6. The molecule has 1 amide bonds. The Labute approximate surface area is 207 Å². The van der Waals surface area contributed by atoms with Crippen molar-refractivity contribution in [3.63, 3.8) is 0 Å². The molecule has 2 fully saturated rings. The van der Waals surface area contributed by atoms with Gasteiger partial charge in [0.05, 0.1) is 24.0 Å². The van der Waals surface area contributed by atoms with Gasteiger partial charge in [0.1, 0.15) is 11.9 Å². The SMILES string of the molecule is CCOC(=O)C1CC(C2CC(NC(=O)C3(c4ccc5c(c4)OC(F)(F)O5)CC3)c3ccccc3O2)C1. The van der Waals surface area contributed by atoms with Crippen molar-refractivity contribution in [1.82, 2.24) is 5.32 Å². The van der Waals surface area contributed by atoms with Crippen LogP contribution in [0, 0.1) is 11.8 Å². The number of esters is 1. The molecule has 0 radical (unpaired) electrons. The third-order valence-electron chi connectivity index (χ3n) is 7.80. The van der Waals surface area contributed by atoms with Crippen LogP contribution in [0.25, 0.3) is 0 Å². The van der Waals surface area contributed by atoms with E-state index in [9.17, 15) is 18.4 Å². The van der Waals surface area contributed by atoms with Crippen molar-refractivity contribution in [2.75, 3.05) is 6.61 Å². The van der Waals surface area contributed by atoms with Gasteiger partial charge in [-0.15, -0.1) is 8.78 Å². The van der Waals surface area contributed by atoms with Crippen LogP contribution >= 0.6 is 0 Å². The second-order valence-electron chi connectivity index (χ2n) is 10.0. The predicted molar refractivity (Wildman–Crippen MR) is 123 cm³/mol. The van der Waals surface area contributed by atoms with Crippen molar-refractivity contribution in [3.05, 3.63) is 53.6 Å². The molecule has 2 aromatic rings. The van der Waals surface area contributed by atoms with E-state index in [2.05, 4.69) is 14.8 Å². The van der Waals surface area contributed by atoms with Crippen LogP contribution in [0.3, 0.4) is 0 Å². The molecule has 6 rings (SSSR count). The standard InChI is InChI=1S/C27H27F2NO6/c1-2-33-24(31)16-11-15(12-16)22-14-19(18-5-3-4-6-20(18)34-22)30-25(32)26(9-10-26)17-7-8-21-23(13-17)36-27(28,29)35-21/h3-8,13,15-16,19,22H,2,9-12,14H2,1H3,(H,30,32). The number of fused-ring (bicyclic) bond motifs is 2. The summed E-state index contributed by atoms with van der Waals surface area (Å²) in [5.41, 5.74) is 0.752. The molecular weight excluding hydrogens is 472 g/mol. The molecule has 0 bridgehead atoms. The molecule has 190 valence electrons. The number of rotatable bonds is 6. The topological polar surface area (TPSA) is 83.1 Å². The summed E-state index contributed by atoms with van der Waals surface area (Å²) in [5, 5.41) is 3.22. The van der Waals surface area contributed by atoms with E-state index in [0.29, 0.717) is 44.3 Å². The monoisotopic (exact) mass is 499 g/mol. The van der Waals surface area contributed by atoms with E-state index in [1.54, 1.807) is 13.0 Å². The van der Waals surface area contributed by atoms with Crippen LogP contribution in [0.4, 0.5) is 8.78 Å². The first-order chi connectivity index (χ1) is 17.3. The highest BCUT2D eigenvalue weighted by Crippen LogP contribution is 2.53. The molecule has 36 heavy (non-hydrogen) atoms. The summed E-state index contributed by atoms with van der Waals surface area (Å²) < 4.78 is 47.5. The number of benzene rings is 2. The Morgan fingerprint density at radius 1 is 1.03 bits per heavy atom. The lowest BCUT2D eigenvalue weighted by molar-refractivity contribution is -0.286. The molecule has 2 heterocycles. The molecule has 4 aliphatic rings. The minimum absolute atomic E-state index is 0.0391. The van der Waals surface area contributed by atoms with Gasteiger partial charge in [0.2, 0.25) is 5.91 Å². The van der Waals surface area contributed by atoms with Gasteiger partial charge >= 0.3 is 12.3 Å². The zero-order chi connectivity index (χ0) is 25.1. The van der Waals surface area contributed by atoms with E-state index in [1.165, 1.54) is 12.1 Å². The molecule has 2 saturated carbocycles. The van der Waals surface area contributed by atoms with Gasteiger partial charge in [-0.3, -0.25) is 9.59 Å². The van der Waals surface area contributed by atoms with Crippen LogP contribution in [0.1, 0.15) is 56.2 Å². The predicted octanol–water partition coefficient (Wildman–Crippen LogP) is 4.64. The van der Waals surface area contributed by atoms with Crippen molar-refractivity contribution < 1.29 is 37.3 Å². The summed E-state index contributed by atoms with van der Waals surface area (Å²) in [6.45, 7) is 2.17. The third kappa shape index (κ3) is 3.94. The maximum atomic E-state index is 13.6. The van der Waals surface area contributed by atoms with Crippen molar-refractivity contribution in [1.29, 1.82) is 0 Å². The number of nitrogens with one attached hydrogen (secondary N) is 1. The summed E-state index contributed by atoms with van der Waals surface area (Å²) in [5.74, 6) is 0.429. The van der Waals surface area contributed by atoms with E-state index in [0.717, 1.165) is 11.3 Å². The highest BCUT2D eigenvalue weighted by atomic mass is 19.3. The first-order valence-electron chi connectivity index (χ1n) is 12.4. The van der Waals surface area contributed by atoms with Gasteiger partial charge in [-0.05, 0) is 62.3 Å². The smallest absolute Gasteiger partial charge is 0.490 e. The Balaban J connectivity index is 1.18. The van der Waals surface area contributed by atoms with Crippen LogP contribution in [0.15, 0.2) is 42.5 Å². The normalized spacial score (nSPS) is 28.2. The molecule has 1 N–H and O–H groups in total. The summed E-state index contributed by atoms with van der Waals surface area (Å²) >= 11 is 0. The fourth-order valence-electron chi connectivity index (χ4n) is 5.60. The molecule has 2 unspecified atom stereocenters. The molecule has 9 heteroatoms. The molecule has 0 aromatic heterocycles. The Bertz CT molecular complexity index is 1210. The molecule has 2 aromatic carbocycles.